The molecule has 1 aromatic carbocycles. The van der Waals surface area contributed by atoms with Crippen LogP contribution in [0.1, 0.15) is 24.5 Å². The zero-order chi connectivity index (χ0) is 13.9. The van der Waals surface area contributed by atoms with E-state index in [9.17, 15) is 4.39 Å². The van der Waals surface area contributed by atoms with Gasteiger partial charge in [-0.25, -0.2) is 4.39 Å². The molecule has 1 aliphatic carbocycles. The number of nitriles is 1. The third kappa shape index (κ3) is 1.72. The number of allylic oxidation sites excluding steroid dienone is 1. The molecule has 100 valence electrons. The lowest BCUT2D eigenvalue weighted by Gasteiger charge is -2.23. The number of benzene rings is 1. The Balaban J connectivity index is 1.78. The van der Waals surface area contributed by atoms with Crippen molar-refractivity contribution in [2.24, 2.45) is 5.92 Å². The molecule has 0 radical (unpaired) electrons. The molecule has 0 N–H and O–H groups in total. The summed E-state index contributed by atoms with van der Waals surface area (Å²) >= 11 is 0. The maximum Gasteiger partial charge on any atom is 0.125 e. The summed E-state index contributed by atoms with van der Waals surface area (Å²) in [5.74, 6) is 0.193. The molecule has 3 heteroatoms. The standard InChI is InChI=1S/C17H15FN2/c1-10-2-12(6-15-16(10)8-20-9-17(15)20)13-3-11(7-19)4-14(18)5-13/h3-6,10,17H,2,8-9H2,1H3. The summed E-state index contributed by atoms with van der Waals surface area (Å²) in [5.41, 5.74) is 5.43. The molecule has 3 atom stereocenters. The van der Waals surface area contributed by atoms with E-state index < -0.39 is 0 Å². The molecule has 1 fully saturated rings. The molecule has 20 heavy (non-hydrogen) atoms. The SMILES string of the molecule is CC1CC(c2cc(F)cc(C#N)c2)=CC2=C1CN1CC21. The van der Waals surface area contributed by atoms with Gasteiger partial charge < -0.3 is 0 Å². The van der Waals surface area contributed by atoms with Gasteiger partial charge in [0.1, 0.15) is 5.82 Å². The summed E-state index contributed by atoms with van der Waals surface area (Å²) in [6, 6.07) is 7.27. The van der Waals surface area contributed by atoms with Crippen molar-refractivity contribution in [3.8, 4) is 6.07 Å². The molecule has 0 aromatic heterocycles. The Morgan fingerprint density at radius 2 is 2.20 bits per heavy atom. The average Bonchev–Trinajstić information content (AvgIpc) is 3.11. The summed E-state index contributed by atoms with van der Waals surface area (Å²) in [4.78, 5) is 2.47. The normalized spacial score (nSPS) is 30.4. The fraction of sp³-hybridized carbons (Fsp3) is 0.353. The lowest BCUT2D eigenvalue weighted by molar-refractivity contribution is 0.567. The highest BCUT2D eigenvalue weighted by molar-refractivity contribution is 5.73. The molecule has 1 aromatic rings. The summed E-state index contributed by atoms with van der Waals surface area (Å²) in [6.45, 7) is 4.53. The number of fused-ring (bicyclic) bond motifs is 2. The van der Waals surface area contributed by atoms with E-state index in [0.717, 1.165) is 18.5 Å². The predicted octanol–water partition coefficient (Wildman–Crippen LogP) is 3.11. The molecule has 4 rings (SSSR count). The van der Waals surface area contributed by atoms with Crippen molar-refractivity contribution in [2.75, 3.05) is 13.1 Å². The maximum atomic E-state index is 13.6. The largest absolute Gasteiger partial charge is 0.289 e. The number of hydrogen-bond donors (Lipinski definition) is 0. The average molecular weight is 266 g/mol. The molecule has 2 aliphatic heterocycles. The van der Waals surface area contributed by atoms with Gasteiger partial charge in [-0.3, -0.25) is 4.90 Å². The minimum Gasteiger partial charge on any atom is -0.289 e. The van der Waals surface area contributed by atoms with Crippen LogP contribution in [0.4, 0.5) is 4.39 Å². The van der Waals surface area contributed by atoms with Crippen LogP contribution in [0.2, 0.25) is 0 Å². The lowest BCUT2D eigenvalue weighted by Crippen LogP contribution is -2.12. The van der Waals surface area contributed by atoms with Crippen molar-refractivity contribution in [1.82, 2.24) is 4.90 Å². The van der Waals surface area contributed by atoms with Crippen molar-refractivity contribution < 1.29 is 4.39 Å². The van der Waals surface area contributed by atoms with Crippen LogP contribution in [-0.4, -0.2) is 24.0 Å². The van der Waals surface area contributed by atoms with Crippen molar-refractivity contribution >= 4 is 5.57 Å². The van der Waals surface area contributed by atoms with Gasteiger partial charge in [0, 0.05) is 19.1 Å². The van der Waals surface area contributed by atoms with E-state index >= 15 is 0 Å². The summed E-state index contributed by atoms with van der Waals surface area (Å²) < 4.78 is 13.6. The first kappa shape index (κ1) is 11.9. The molecule has 3 aliphatic rings. The van der Waals surface area contributed by atoms with Crippen LogP contribution in [0.5, 0.6) is 0 Å². The van der Waals surface area contributed by atoms with E-state index in [1.165, 1.54) is 23.8 Å². The zero-order valence-corrected chi connectivity index (χ0v) is 11.4. The Labute approximate surface area is 117 Å². The molecule has 0 spiro atoms. The Kier molecular flexibility index (Phi) is 2.40. The van der Waals surface area contributed by atoms with Gasteiger partial charge in [-0.2, -0.15) is 5.26 Å². The number of rotatable bonds is 1. The Morgan fingerprint density at radius 3 is 3.00 bits per heavy atom. The van der Waals surface area contributed by atoms with E-state index in [1.807, 2.05) is 6.07 Å². The van der Waals surface area contributed by atoms with Gasteiger partial charge in [-0.15, -0.1) is 0 Å². The van der Waals surface area contributed by atoms with E-state index in [0.29, 0.717) is 17.5 Å². The van der Waals surface area contributed by atoms with Crippen LogP contribution < -0.4 is 0 Å². The van der Waals surface area contributed by atoms with Crippen molar-refractivity contribution in [1.29, 1.82) is 5.26 Å². The van der Waals surface area contributed by atoms with Gasteiger partial charge in [0.05, 0.1) is 11.6 Å². The Bertz CT molecular complexity index is 708. The first-order chi connectivity index (χ1) is 9.65. The summed E-state index contributed by atoms with van der Waals surface area (Å²) in [6.07, 6.45) is 3.18. The number of halogens is 1. The molecule has 1 saturated heterocycles. The first-order valence-electron chi connectivity index (χ1n) is 7.04. The smallest absolute Gasteiger partial charge is 0.125 e. The van der Waals surface area contributed by atoms with Gasteiger partial charge in [0.15, 0.2) is 0 Å². The summed E-state index contributed by atoms with van der Waals surface area (Å²) in [5, 5.41) is 8.98. The van der Waals surface area contributed by atoms with E-state index in [4.69, 9.17) is 5.26 Å². The van der Waals surface area contributed by atoms with E-state index in [1.54, 1.807) is 17.7 Å². The molecule has 0 saturated carbocycles. The second kappa shape index (κ2) is 4.04. The van der Waals surface area contributed by atoms with Gasteiger partial charge >= 0.3 is 0 Å². The topological polar surface area (TPSA) is 26.8 Å². The molecule has 2 nitrogen and oxygen atoms in total. The molecular weight excluding hydrogens is 251 g/mol. The fourth-order valence-corrected chi connectivity index (χ4v) is 3.54. The first-order valence-corrected chi connectivity index (χ1v) is 7.04. The van der Waals surface area contributed by atoms with Crippen LogP contribution in [-0.2, 0) is 0 Å². The van der Waals surface area contributed by atoms with Gasteiger partial charge in [0.25, 0.3) is 0 Å². The molecule has 3 unspecified atom stereocenters. The second-order valence-corrected chi connectivity index (χ2v) is 6.04. The minimum absolute atomic E-state index is 0.327. The highest BCUT2D eigenvalue weighted by Gasteiger charge is 2.45. The highest BCUT2D eigenvalue weighted by Crippen LogP contribution is 2.45. The lowest BCUT2D eigenvalue weighted by atomic mass is 9.81. The zero-order valence-electron chi connectivity index (χ0n) is 11.4. The van der Waals surface area contributed by atoms with Crippen molar-refractivity contribution in [3.63, 3.8) is 0 Å². The molecular formula is C17H15FN2. The Morgan fingerprint density at radius 1 is 1.35 bits per heavy atom. The van der Waals surface area contributed by atoms with Crippen molar-refractivity contribution in [3.05, 3.63) is 52.4 Å². The van der Waals surface area contributed by atoms with Crippen molar-refractivity contribution in [2.45, 2.75) is 19.4 Å². The molecule has 2 heterocycles. The second-order valence-electron chi connectivity index (χ2n) is 6.04. The maximum absolute atomic E-state index is 13.6. The third-order valence-electron chi connectivity index (χ3n) is 4.67. The van der Waals surface area contributed by atoms with Crippen LogP contribution in [0.3, 0.4) is 0 Å². The summed E-state index contributed by atoms with van der Waals surface area (Å²) in [7, 11) is 0. The fourth-order valence-electron chi connectivity index (χ4n) is 3.54. The monoisotopic (exact) mass is 266 g/mol. The van der Waals surface area contributed by atoms with Gasteiger partial charge in [0.2, 0.25) is 0 Å². The van der Waals surface area contributed by atoms with E-state index in [-0.39, 0.29) is 5.82 Å². The van der Waals surface area contributed by atoms with Crippen LogP contribution in [0.25, 0.3) is 5.57 Å². The molecule has 0 bridgehead atoms. The highest BCUT2D eigenvalue weighted by atomic mass is 19.1. The van der Waals surface area contributed by atoms with Crippen LogP contribution in [0.15, 0.2) is 35.4 Å². The predicted molar refractivity (Wildman–Crippen MR) is 75.3 cm³/mol. The van der Waals surface area contributed by atoms with Crippen LogP contribution >= 0.6 is 0 Å². The van der Waals surface area contributed by atoms with Gasteiger partial charge in [-0.1, -0.05) is 13.0 Å². The quantitative estimate of drug-likeness (QED) is 0.730. The van der Waals surface area contributed by atoms with Gasteiger partial charge in [-0.05, 0) is 52.8 Å². The number of nitrogens with zero attached hydrogens (tertiary/aromatic N) is 2. The van der Waals surface area contributed by atoms with E-state index in [2.05, 4.69) is 17.9 Å². The minimum atomic E-state index is -0.327. The third-order valence-corrected chi connectivity index (χ3v) is 4.67. The molecule has 0 amide bonds. The van der Waals surface area contributed by atoms with Crippen LogP contribution in [0, 0.1) is 23.1 Å². The number of hydrogen-bond acceptors (Lipinski definition) is 2. The Hall–Kier alpha value is -1.92.